The molecular formula is C20H27ClF2N2O4. The Bertz CT molecular complexity index is 714. The van der Waals surface area contributed by atoms with Gasteiger partial charge >= 0.3 is 5.97 Å². The standard InChI is InChI=1S/C20H26F2N2O4.ClH/c21-19(22)7-6-16(12-19)20(27,15-4-2-1-3-5-15)17(25)28-13-18(26)8-10-24(14-23)11-9-18;/h1-5,14,16,23,26-27H,6-13H2;1H. The van der Waals surface area contributed by atoms with E-state index in [9.17, 15) is 23.8 Å². The van der Waals surface area contributed by atoms with E-state index in [2.05, 4.69) is 0 Å². The minimum Gasteiger partial charge on any atom is -0.460 e. The van der Waals surface area contributed by atoms with Gasteiger partial charge in [0.05, 0.1) is 6.34 Å². The summed E-state index contributed by atoms with van der Waals surface area (Å²) in [5.41, 5.74) is -3.23. The van der Waals surface area contributed by atoms with Gasteiger partial charge in [0.1, 0.15) is 12.2 Å². The van der Waals surface area contributed by atoms with Crippen LogP contribution in [0.2, 0.25) is 0 Å². The highest BCUT2D eigenvalue weighted by atomic mass is 35.5. The number of carbonyl (C=O) groups excluding carboxylic acids is 1. The monoisotopic (exact) mass is 432 g/mol. The Morgan fingerprint density at radius 3 is 2.41 bits per heavy atom. The first-order valence-electron chi connectivity index (χ1n) is 9.49. The molecule has 2 fully saturated rings. The molecule has 0 bridgehead atoms. The predicted octanol–water partition coefficient (Wildman–Crippen LogP) is 2.71. The number of piperidine rings is 1. The SMILES string of the molecule is Cl.N=CN1CCC(O)(COC(=O)C(O)(c2ccccc2)C2CCC(F)(F)C2)CC1. The lowest BCUT2D eigenvalue weighted by molar-refractivity contribution is -0.183. The Morgan fingerprint density at radius 1 is 1.28 bits per heavy atom. The molecule has 0 spiro atoms. The molecule has 2 unspecified atom stereocenters. The van der Waals surface area contributed by atoms with Gasteiger partial charge in [-0.3, -0.25) is 5.41 Å². The Hall–Kier alpha value is -1.77. The van der Waals surface area contributed by atoms with Crippen LogP contribution in [0, 0.1) is 11.3 Å². The molecule has 1 aliphatic heterocycles. The van der Waals surface area contributed by atoms with Crippen molar-refractivity contribution in [2.45, 2.75) is 49.2 Å². The summed E-state index contributed by atoms with van der Waals surface area (Å²) < 4.78 is 32.9. The second kappa shape index (κ2) is 8.93. The summed E-state index contributed by atoms with van der Waals surface area (Å²) in [4.78, 5) is 14.6. The third kappa shape index (κ3) is 5.05. The van der Waals surface area contributed by atoms with Crippen LogP contribution in [0.4, 0.5) is 8.78 Å². The van der Waals surface area contributed by atoms with Gasteiger partial charge in [0, 0.05) is 31.8 Å². The highest BCUT2D eigenvalue weighted by molar-refractivity contribution is 5.85. The molecule has 0 radical (unpaired) electrons. The number of hydrogen-bond donors (Lipinski definition) is 3. The van der Waals surface area contributed by atoms with E-state index >= 15 is 0 Å². The topological polar surface area (TPSA) is 93.9 Å². The van der Waals surface area contributed by atoms with Crippen LogP contribution in [0.3, 0.4) is 0 Å². The molecule has 9 heteroatoms. The number of halogens is 3. The molecule has 1 saturated heterocycles. The van der Waals surface area contributed by atoms with E-state index in [1.165, 1.54) is 18.5 Å². The lowest BCUT2D eigenvalue weighted by atomic mass is 9.80. The molecule has 6 nitrogen and oxygen atoms in total. The summed E-state index contributed by atoms with van der Waals surface area (Å²) in [6.07, 6.45) is 0.837. The Balaban J connectivity index is 0.00000300. The van der Waals surface area contributed by atoms with E-state index < -0.39 is 35.4 Å². The normalized spacial score (nSPS) is 24.8. The minimum atomic E-state index is -2.93. The number of ether oxygens (including phenoxy) is 1. The predicted molar refractivity (Wildman–Crippen MR) is 105 cm³/mol. The molecular weight excluding hydrogens is 406 g/mol. The highest BCUT2D eigenvalue weighted by Crippen LogP contribution is 2.48. The molecule has 3 N–H and O–H groups in total. The highest BCUT2D eigenvalue weighted by Gasteiger charge is 2.54. The summed E-state index contributed by atoms with van der Waals surface area (Å²) in [5, 5.41) is 29.1. The van der Waals surface area contributed by atoms with Crippen molar-refractivity contribution in [1.82, 2.24) is 4.90 Å². The smallest absolute Gasteiger partial charge is 0.343 e. The molecule has 1 heterocycles. The van der Waals surface area contributed by atoms with Crippen molar-refractivity contribution in [3.8, 4) is 0 Å². The zero-order valence-electron chi connectivity index (χ0n) is 16.0. The van der Waals surface area contributed by atoms with Crippen molar-refractivity contribution in [3.63, 3.8) is 0 Å². The van der Waals surface area contributed by atoms with Crippen LogP contribution in [-0.4, -0.2) is 58.6 Å². The molecule has 1 aliphatic carbocycles. The lowest BCUT2D eigenvalue weighted by Gasteiger charge is -2.38. The number of benzene rings is 1. The number of nitrogens with zero attached hydrogens (tertiary/aromatic N) is 1. The van der Waals surface area contributed by atoms with Crippen LogP contribution in [0.1, 0.15) is 37.7 Å². The lowest BCUT2D eigenvalue weighted by Crippen LogP contribution is -2.49. The van der Waals surface area contributed by atoms with Crippen molar-refractivity contribution in [3.05, 3.63) is 35.9 Å². The first-order chi connectivity index (χ1) is 13.2. The Morgan fingerprint density at radius 2 is 1.90 bits per heavy atom. The third-order valence-corrected chi connectivity index (χ3v) is 5.90. The number of likely N-dealkylation sites (tertiary alicyclic amines) is 1. The maximum Gasteiger partial charge on any atom is 0.343 e. The molecule has 1 saturated carbocycles. The fourth-order valence-corrected chi connectivity index (χ4v) is 4.04. The third-order valence-electron chi connectivity index (χ3n) is 5.90. The van der Waals surface area contributed by atoms with E-state index in [4.69, 9.17) is 10.1 Å². The van der Waals surface area contributed by atoms with Gasteiger partial charge in [-0.25, -0.2) is 13.6 Å². The molecule has 162 valence electrons. The van der Waals surface area contributed by atoms with E-state index in [0.717, 1.165) is 0 Å². The van der Waals surface area contributed by atoms with Crippen molar-refractivity contribution >= 4 is 24.7 Å². The number of aliphatic hydroxyl groups is 2. The Labute approximate surface area is 174 Å². The summed E-state index contributed by atoms with van der Waals surface area (Å²) in [6.45, 7) is 0.584. The largest absolute Gasteiger partial charge is 0.460 e. The maximum absolute atomic E-state index is 13.8. The van der Waals surface area contributed by atoms with E-state index in [0.29, 0.717) is 25.9 Å². The van der Waals surface area contributed by atoms with Gasteiger partial charge < -0.3 is 19.8 Å². The zero-order chi connectivity index (χ0) is 20.4. The fraction of sp³-hybridized carbons (Fsp3) is 0.600. The van der Waals surface area contributed by atoms with Crippen molar-refractivity contribution in [2.24, 2.45) is 5.92 Å². The number of alkyl halides is 2. The van der Waals surface area contributed by atoms with Crippen LogP contribution in [0.15, 0.2) is 30.3 Å². The number of rotatable bonds is 6. The first kappa shape index (κ1) is 23.5. The van der Waals surface area contributed by atoms with Crippen LogP contribution >= 0.6 is 12.4 Å². The quantitative estimate of drug-likeness (QED) is 0.365. The van der Waals surface area contributed by atoms with Crippen LogP contribution < -0.4 is 0 Å². The molecule has 3 rings (SSSR count). The first-order valence-corrected chi connectivity index (χ1v) is 9.49. The van der Waals surface area contributed by atoms with E-state index in [-0.39, 0.29) is 37.4 Å². The summed E-state index contributed by atoms with van der Waals surface area (Å²) in [6, 6.07) is 8.00. The van der Waals surface area contributed by atoms with Gasteiger partial charge in [0.25, 0.3) is 0 Å². The Kier molecular flexibility index (Phi) is 7.24. The number of carbonyl (C=O) groups is 1. The number of nitrogens with one attached hydrogen (secondary N) is 1. The van der Waals surface area contributed by atoms with Crippen LogP contribution in [0.5, 0.6) is 0 Å². The van der Waals surface area contributed by atoms with Crippen LogP contribution in [0.25, 0.3) is 0 Å². The average Bonchev–Trinajstić information content (AvgIpc) is 3.07. The summed E-state index contributed by atoms with van der Waals surface area (Å²) in [7, 11) is 0. The van der Waals surface area contributed by atoms with Gasteiger partial charge in [0.2, 0.25) is 5.92 Å². The molecule has 1 aromatic carbocycles. The molecule has 0 amide bonds. The van der Waals surface area contributed by atoms with Crippen LogP contribution in [-0.2, 0) is 15.1 Å². The number of esters is 1. The zero-order valence-corrected chi connectivity index (χ0v) is 16.8. The maximum atomic E-state index is 13.8. The van der Waals surface area contributed by atoms with E-state index in [1.54, 1.807) is 23.1 Å². The average molecular weight is 433 g/mol. The van der Waals surface area contributed by atoms with Crippen molar-refractivity contribution < 1.29 is 28.5 Å². The minimum absolute atomic E-state index is 0. The van der Waals surface area contributed by atoms with Gasteiger partial charge in [0.15, 0.2) is 5.60 Å². The summed E-state index contributed by atoms with van der Waals surface area (Å²) >= 11 is 0. The molecule has 2 atom stereocenters. The van der Waals surface area contributed by atoms with Gasteiger partial charge in [-0.15, -0.1) is 12.4 Å². The number of hydrogen-bond acceptors (Lipinski definition) is 5. The molecule has 1 aromatic rings. The molecule has 0 aromatic heterocycles. The van der Waals surface area contributed by atoms with E-state index in [1.807, 2.05) is 0 Å². The van der Waals surface area contributed by atoms with Gasteiger partial charge in [-0.1, -0.05) is 30.3 Å². The second-order valence-electron chi connectivity index (χ2n) is 7.89. The van der Waals surface area contributed by atoms with Crippen molar-refractivity contribution in [1.29, 1.82) is 5.41 Å². The fourth-order valence-electron chi connectivity index (χ4n) is 4.04. The van der Waals surface area contributed by atoms with Gasteiger partial charge in [-0.2, -0.15) is 0 Å². The van der Waals surface area contributed by atoms with Crippen molar-refractivity contribution in [2.75, 3.05) is 19.7 Å². The summed E-state index contributed by atoms with van der Waals surface area (Å²) in [5.74, 6) is -4.90. The second-order valence-corrected chi connectivity index (χ2v) is 7.89. The molecule has 29 heavy (non-hydrogen) atoms. The molecule has 2 aliphatic rings. The van der Waals surface area contributed by atoms with Gasteiger partial charge in [-0.05, 0) is 24.8 Å².